The third-order valence-corrected chi connectivity index (χ3v) is 4.87. The number of fused-ring (bicyclic) bond motifs is 1. The zero-order chi connectivity index (χ0) is 14.8. The molecule has 1 unspecified atom stereocenters. The normalized spacial score (nSPS) is 17.1. The number of hydrogen-bond donors (Lipinski definition) is 1. The van der Waals surface area contributed by atoms with E-state index in [2.05, 4.69) is 26.2 Å². The Bertz CT molecular complexity index is 678. The molecule has 6 heteroatoms. The molecule has 1 aromatic carbocycles. The van der Waals surface area contributed by atoms with Gasteiger partial charge < -0.3 is 5.32 Å². The van der Waals surface area contributed by atoms with Crippen LogP contribution in [-0.4, -0.2) is 16.6 Å². The molecular weight excluding hydrogens is 355 g/mol. The Labute approximate surface area is 134 Å². The highest BCUT2D eigenvalue weighted by Crippen LogP contribution is 2.36. The summed E-state index contributed by atoms with van der Waals surface area (Å²) in [5.74, 6) is 0.379. The molecule has 0 aliphatic carbocycles. The topological polar surface area (TPSA) is 42.0 Å². The quantitative estimate of drug-likeness (QED) is 0.874. The highest BCUT2D eigenvalue weighted by Gasteiger charge is 2.23. The molecule has 1 atom stereocenters. The molecule has 0 bridgehead atoms. The van der Waals surface area contributed by atoms with Gasteiger partial charge in [0, 0.05) is 21.3 Å². The summed E-state index contributed by atoms with van der Waals surface area (Å²) in [5.41, 5.74) is 1.20. The molecule has 2 heterocycles. The number of pyridine rings is 1. The zero-order valence-electron chi connectivity index (χ0n) is 11.0. The fourth-order valence-electron chi connectivity index (χ4n) is 2.26. The molecule has 3 rings (SSSR count). The molecule has 1 aliphatic heterocycles. The van der Waals surface area contributed by atoms with Crippen LogP contribution >= 0.6 is 27.7 Å². The van der Waals surface area contributed by atoms with Crippen LogP contribution in [0, 0.1) is 5.82 Å². The first kappa shape index (κ1) is 14.5. The number of aromatic nitrogens is 1. The number of nitrogens with one attached hydrogen (secondary N) is 1. The summed E-state index contributed by atoms with van der Waals surface area (Å²) in [5, 5.41) is 2.94. The van der Waals surface area contributed by atoms with Gasteiger partial charge in [0.05, 0.1) is 6.04 Å². The fourth-order valence-corrected chi connectivity index (χ4v) is 3.60. The molecule has 0 fully saturated rings. The van der Waals surface area contributed by atoms with Crippen LogP contribution in [-0.2, 0) is 0 Å². The largest absolute Gasteiger partial charge is 0.344 e. The van der Waals surface area contributed by atoms with Crippen molar-refractivity contribution >= 4 is 33.6 Å². The molecular formula is C15H12BrFN2OS. The fraction of sp³-hybridized carbons (Fsp3) is 0.200. The number of carbonyl (C=O) groups excluding carboxylic acids is 1. The molecule has 0 saturated heterocycles. The monoisotopic (exact) mass is 366 g/mol. The lowest BCUT2D eigenvalue weighted by atomic mass is 10.0. The van der Waals surface area contributed by atoms with Gasteiger partial charge in [0.15, 0.2) is 0 Å². The maximum atomic E-state index is 13.4. The third kappa shape index (κ3) is 3.27. The molecule has 108 valence electrons. The van der Waals surface area contributed by atoms with Crippen LogP contribution in [0.3, 0.4) is 0 Å². The van der Waals surface area contributed by atoms with Gasteiger partial charge in [0.25, 0.3) is 5.91 Å². The lowest BCUT2D eigenvalue weighted by molar-refractivity contribution is 0.0930. The number of amides is 1. The molecule has 21 heavy (non-hydrogen) atoms. The third-order valence-electron chi connectivity index (χ3n) is 3.28. The van der Waals surface area contributed by atoms with Crippen molar-refractivity contribution in [3.63, 3.8) is 0 Å². The highest BCUT2D eigenvalue weighted by molar-refractivity contribution is 9.10. The smallest absolute Gasteiger partial charge is 0.270 e. The number of nitrogens with zero attached hydrogens (tertiary/aromatic N) is 1. The molecule has 1 N–H and O–H groups in total. The van der Waals surface area contributed by atoms with E-state index in [0.29, 0.717) is 5.69 Å². The second-order valence-electron chi connectivity index (χ2n) is 4.71. The predicted octanol–water partition coefficient (Wildman–Crippen LogP) is 3.95. The lowest BCUT2D eigenvalue weighted by Crippen LogP contribution is -2.31. The Morgan fingerprint density at radius 1 is 1.38 bits per heavy atom. The van der Waals surface area contributed by atoms with Gasteiger partial charge in [-0.25, -0.2) is 9.37 Å². The molecule has 3 nitrogen and oxygen atoms in total. The van der Waals surface area contributed by atoms with Crippen molar-refractivity contribution in [2.24, 2.45) is 0 Å². The van der Waals surface area contributed by atoms with E-state index >= 15 is 0 Å². The van der Waals surface area contributed by atoms with E-state index in [0.717, 1.165) is 27.1 Å². The van der Waals surface area contributed by atoms with E-state index in [1.807, 2.05) is 0 Å². The molecule has 0 saturated carbocycles. The van der Waals surface area contributed by atoms with Gasteiger partial charge in [-0.1, -0.05) is 0 Å². The summed E-state index contributed by atoms with van der Waals surface area (Å²) >= 11 is 4.97. The van der Waals surface area contributed by atoms with E-state index in [1.165, 1.54) is 12.1 Å². The summed E-state index contributed by atoms with van der Waals surface area (Å²) in [6, 6.07) is 7.98. The average molecular weight is 367 g/mol. The van der Waals surface area contributed by atoms with E-state index in [9.17, 15) is 9.18 Å². The Hall–Kier alpha value is -1.40. The van der Waals surface area contributed by atoms with Crippen molar-refractivity contribution in [1.29, 1.82) is 0 Å². The Morgan fingerprint density at radius 3 is 3.00 bits per heavy atom. The number of rotatable bonds is 2. The van der Waals surface area contributed by atoms with Gasteiger partial charge in [0.2, 0.25) is 0 Å². The van der Waals surface area contributed by atoms with Crippen molar-refractivity contribution in [3.05, 3.63) is 58.1 Å². The van der Waals surface area contributed by atoms with Crippen molar-refractivity contribution < 1.29 is 9.18 Å². The minimum Gasteiger partial charge on any atom is -0.344 e. The summed E-state index contributed by atoms with van der Waals surface area (Å²) in [4.78, 5) is 17.3. The van der Waals surface area contributed by atoms with Crippen LogP contribution in [0.5, 0.6) is 0 Å². The Morgan fingerprint density at radius 2 is 2.24 bits per heavy atom. The van der Waals surface area contributed by atoms with Crippen LogP contribution in [0.4, 0.5) is 4.39 Å². The summed E-state index contributed by atoms with van der Waals surface area (Å²) in [7, 11) is 0. The van der Waals surface area contributed by atoms with Crippen molar-refractivity contribution in [2.75, 3.05) is 5.75 Å². The van der Waals surface area contributed by atoms with Gasteiger partial charge in [-0.15, -0.1) is 11.8 Å². The van der Waals surface area contributed by atoms with Crippen LogP contribution in [0.2, 0.25) is 0 Å². The van der Waals surface area contributed by atoms with E-state index in [4.69, 9.17) is 0 Å². The van der Waals surface area contributed by atoms with Gasteiger partial charge in [0.1, 0.15) is 11.5 Å². The van der Waals surface area contributed by atoms with Crippen LogP contribution in [0.15, 0.2) is 45.9 Å². The number of hydrogen-bond acceptors (Lipinski definition) is 3. The van der Waals surface area contributed by atoms with Gasteiger partial charge in [-0.05, 0) is 58.2 Å². The van der Waals surface area contributed by atoms with Gasteiger partial charge >= 0.3 is 0 Å². The summed E-state index contributed by atoms with van der Waals surface area (Å²) < 4.78 is 14.3. The van der Waals surface area contributed by atoms with Crippen LogP contribution < -0.4 is 5.32 Å². The minimum absolute atomic E-state index is 0.171. The number of thioether (sulfide) groups is 1. The second-order valence-corrected chi connectivity index (χ2v) is 6.76. The first-order chi connectivity index (χ1) is 10.1. The molecule has 1 aromatic heterocycles. The maximum absolute atomic E-state index is 13.4. The average Bonchev–Trinajstić information content (AvgIpc) is 2.48. The summed E-state index contributed by atoms with van der Waals surface area (Å²) in [6.45, 7) is 0. The maximum Gasteiger partial charge on any atom is 0.270 e. The molecule has 0 spiro atoms. The van der Waals surface area contributed by atoms with E-state index in [-0.39, 0.29) is 17.8 Å². The van der Waals surface area contributed by atoms with Crippen LogP contribution in [0.25, 0.3) is 0 Å². The van der Waals surface area contributed by atoms with Gasteiger partial charge in [-0.3, -0.25) is 4.79 Å². The molecule has 1 aliphatic rings. The van der Waals surface area contributed by atoms with Crippen molar-refractivity contribution in [2.45, 2.75) is 17.4 Å². The number of halogens is 2. The van der Waals surface area contributed by atoms with E-state index < -0.39 is 0 Å². The predicted molar refractivity (Wildman–Crippen MR) is 83.9 cm³/mol. The van der Waals surface area contributed by atoms with Gasteiger partial charge in [-0.2, -0.15) is 0 Å². The van der Waals surface area contributed by atoms with Crippen molar-refractivity contribution in [3.8, 4) is 0 Å². The SMILES string of the molecule is O=C(NC1CCSc2ccc(F)cc21)c1ccc(Br)cn1. The molecule has 0 radical (unpaired) electrons. The number of carbonyl (C=O) groups is 1. The minimum atomic E-state index is -0.280. The zero-order valence-corrected chi connectivity index (χ0v) is 13.4. The number of benzene rings is 1. The van der Waals surface area contributed by atoms with Crippen molar-refractivity contribution in [1.82, 2.24) is 10.3 Å². The molecule has 2 aromatic rings. The van der Waals surface area contributed by atoms with E-state index in [1.54, 1.807) is 36.2 Å². The first-order valence-electron chi connectivity index (χ1n) is 6.48. The lowest BCUT2D eigenvalue weighted by Gasteiger charge is -2.25. The highest BCUT2D eigenvalue weighted by atomic mass is 79.9. The standard InChI is InChI=1S/C15H12BrFN2OS/c16-9-1-3-13(18-8-9)15(20)19-12-5-6-21-14-4-2-10(17)7-11(12)14/h1-4,7-8,12H,5-6H2,(H,19,20). The Balaban J connectivity index is 1.81. The first-order valence-corrected chi connectivity index (χ1v) is 8.26. The second kappa shape index (κ2) is 6.15. The molecule has 1 amide bonds. The summed E-state index contributed by atoms with van der Waals surface area (Å²) in [6.07, 6.45) is 2.36. The Kier molecular flexibility index (Phi) is 4.26. The van der Waals surface area contributed by atoms with Crippen LogP contribution in [0.1, 0.15) is 28.5 Å².